The molecule has 0 heterocycles. The van der Waals surface area contributed by atoms with E-state index in [9.17, 15) is 0 Å². The molecule has 2 heteroatoms. The maximum absolute atomic E-state index is 6.39. The van der Waals surface area contributed by atoms with Crippen molar-refractivity contribution in [1.29, 1.82) is 0 Å². The molecule has 1 aromatic carbocycles. The van der Waals surface area contributed by atoms with Gasteiger partial charge in [-0.3, -0.25) is 0 Å². The van der Waals surface area contributed by atoms with Gasteiger partial charge in [0.1, 0.15) is 5.75 Å². The molecule has 1 fully saturated rings. The smallest absolute Gasteiger partial charge is 0.124 e. The molecule has 0 bridgehead atoms. The maximum atomic E-state index is 6.39. The molecule has 1 aromatic rings. The number of hydrogen-bond donors (Lipinski definition) is 1. The number of aryl methyl sites for hydroxylation is 1. The molecule has 1 aliphatic carbocycles. The zero-order chi connectivity index (χ0) is 11.3. The molecule has 0 saturated heterocycles. The lowest BCUT2D eigenvalue weighted by Crippen LogP contribution is -2.26. The Bertz CT molecular complexity index is 398. The van der Waals surface area contributed by atoms with E-state index in [0.717, 1.165) is 17.7 Å². The molecule has 2 nitrogen and oxygen atoms in total. The van der Waals surface area contributed by atoms with Crippen LogP contribution in [0.15, 0.2) is 18.2 Å². The van der Waals surface area contributed by atoms with Crippen LogP contribution in [0.4, 0.5) is 0 Å². The first-order chi connectivity index (χ1) is 6.90. The van der Waals surface area contributed by atoms with E-state index in [1.54, 1.807) is 7.11 Å². The Morgan fingerprint density at radius 2 is 1.93 bits per heavy atom. The summed E-state index contributed by atoms with van der Waals surface area (Å²) in [5, 5.41) is 0. The minimum atomic E-state index is -0.202. The summed E-state index contributed by atoms with van der Waals surface area (Å²) < 4.78 is 5.41. The number of nitrogens with two attached hydrogens (primary N) is 1. The lowest BCUT2D eigenvalue weighted by atomic mass is 9.95. The molecule has 0 amide bonds. The molecule has 0 aromatic heterocycles. The largest absolute Gasteiger partial charge is 0.496 e. The Morgan fingerprint density at radius 3 is 2.40 bits per heavy atom. The molecule has 0 spiro atoms. The highest BCUT2D eigenvalue weighted by molar-refractivity contribution is 5.47. The topological polar surface area (TPSA) is 35.2 Å². The summed E-state index contributed by atoms with van der Waals surface area (Å²) in [4.78, 5) is 0. The molecule has 15 heavy (non-hydrogen) atoms. The average molecular weight is 205 g/mol. The molecule has 0 aliphatic heterocycles. The van der Waals surface area contributed by atoms with Crippen molar-refractivity contribution >= 4 is 0 Å². The second-order valence-corrected chi connectivity index (χ2v) is 5.24. The van der Waals surface area contributed by atoms with E-state index in [2.05, 4.69) is 39.0 Å². The first-order valence-corrected chi connectivity index (χ1v) is 5.35. The van der Waals surface area contributed by atoms with Crippen molar-refractivity contribution in [2.24, 2.45) is 11.1 Å². The van der Waals surface area contributed by atoms with Gasteiger partial charge in [0.25, 0.3) is 0 Å². The van der Waals surface area contributed by atoms with Crippen molar-refractivity contribution in [3.8, 4) is 5.75 Å². The predicted molar refractivity (Wildman–Crippen MR) is 62.0 cm³/mol. The Morgan fingerprint density at radius 1 is 1.33 bits per heavy atom. The Balaban J connectivity index is 2.46. The Kier molecular flexibility index (Phi) is 2.09. The highest BCUT2D eigenvalue weighted by Crippen LogP contribution is 2.61. The number of rotatable bonds is 2. The third-order valence-corrected chi connectivity index (χ3v) is 3.64. The molecular formula is C13H19NO. The summed E-state index contributed by atoms with van der Waals surface area (Å²) in [6.45, 7) is 6.46. The van der Waals surface area contributed by atoms with Crippen LogP contribution in [0.3, 0.4) is 0 Å². The minimum absolute atomic E-state index is 0.190. The lowest BCUT2D eigenvalue weighted by molar-refractivity contribution is 0.395. The summed E-state index contributed by atoms with van der Waals surface area (Å²) in [5.41, 5.74) is 8.73. The summed E-state index contributed by atoms with van der Waals surface area (Å²) in [6, 6.07) is 6.25. The minimum Gasteiger partial charge on any atom is -0.496 e. The Hall–Kier alpha value is -1.02. The van der Waals surface area contributed by atoms with Gasteiger partial charge in [-0.05, 0) is 30.4 Å². The third-order valence-electron chi connectivity index (χ3n) is 3.64. The predicted octanol–water partition coefficient (Wildman–Crippen LogP) is 2.59. The van der Waals surface area contributed by atoms with Gasteiger partial charge in [0.2, 0.25) is 0 Å². The second kappa shape index (κ2) is 2.99. The van der Waals surface area contributed by atoms with Gasteiger partial charge >= 0.3 is 0 Å². The van der Waals surface area contributed by atoms with Crippen LogP contribution in [-0.2, 0) is 5.54 Å². The standard InChI is InChI=1S/C13H19NO/c1-9-5-6-10(11(7-9)15-4)13(14)8-12(13,2)3/h5-7H,8,14H2,1-4H3. The van der Waals surface area contributed by atoms with Gasteiger partial charge in [-0.25, -0.2) is 0 Å². The van der Waals surface area contributed by atoms with E-state index in [1.807, 2.05) is 0 Å². The van der Waals surface area contributed by atoms with Crippen molar-refractivity contribution in [2.75, 3.05) is 7.11 Å². The Labute approximate surface area is 91.4 Å². The molecule has 1 aliphatic rings. The van der Waals surface area contributed by atoms with Crippen LogP contribution >= 0.6 is 0 Å². The molecule has 82 valence electrons. The third kappa shape index (κ3) is 1.44. The van der Waals surface area contributed by atoms with E-state index >= 15 is 0 Å². The van der Waals surface area contributed by atoms with Crippen molar-refractivity contribution in [3.05, 3.63) is 29.3 Å². The van der Waals surface area contributed by atoms with Crippen LogP contribution in [0.25, 0.3) is 0 Å². The quantitative estimate of drug-likeness (QED) is 0.805. The zero-order valence-electron chi connectivity index (χ0n) is 9.92. The van der Waals surface area contributed by atoms with Crippen molar-refractivity contribution in [2.45, 2.75) is 32.7 Å². The molecule has 1 unspecified atom stereocenters. The van der Waals surface area contributed by atoms with E-state index in [0.29, 0.717) is 0 Å². The second-order valence-electron chi connectivity index (χ2n) is 5.24. The van der Waals surface area contributed by atoms with Gasteiger partial charge in [0, 0.05) is 5.56 Å². The fraction of sp³-hybridized carbons (Fsp3) is 0.538. The first-order valence-electron chi connectivity index (χ1n) is 5.35. The van der Waals surface area contributed by atoms with Gasteiger partial charge in [0.05, 0.1) is 12.6 Å². The monoisotopic (exact) mass is 205 g/mol. The molecule has 1 atom stereocenters. The van der Waals surface area contributed by atoms with Crippen molar-refractivity contribution in [1.82, 2.24) is 0 Å². The zero-order valence-corrected chi connectivity index (χ0v) is 9.92. The number of ether oxygens (including phenoxy) is 1. The number of benzene rings is 1. The molecule has 1 saturated carbocycles. The lowest BCUT2D eigenvalue weighted by Gasteiger charge is -2.19. The number of hydrogen-bond acceptors (Lipinski definition) is 2. The summed E-state index contributed by atoms with van der Waals surface area (Å²) in [6.07, 6.45) is 1.03. The summed E-state index contributed by atoms with van der Waals surface area (Å²) in [7, 11) is 1.71. The fourth-order valence-electron chi connectivity index (χ4n) is 2.28. The van der Waals surface area contributed by atoms with Gasteiger partial charge in [0.15, 0.2) is 0 Å². The van der Waals surface area contributed by atoms with Gasteiger partial charge < -0.3 is 10.5 Å². The fourth-order valence-corrected chi connectivity index (χ4v) is 2.28. The van der Waals surface area contributed by atoms with E-state index < -0.39 is 0 Å². The molecule has 2 rings (SSSR count). The van der Waals surface area contributed by atoms with Crippen LogP contribution < -0.4 is 10.5 Å². The van der Waals surface area contributed by atoms with Gasteiger partial charge in [-0.15, -0.1) is 0 Å². The first kappa shape index (κ1) is 10.5. The summed E-state index contributed by atoms with van der Waals surface area (Å²) in [5.74, 6) is 0.920. The van der Waals surface area contributed by atoms with Crippen LogP contribution in [0.1, 0.15) is 31.4 Å². The van der Waals surface area contributed by atoms with E-state index in [4.69, 9.17) is 10.5 Å². The van der Waals surface area contributed by atoms with Crippen LogP contribution in [0, 0.1) is 12.3 Å². The van der Waals surface area contributed by atoms with Crippen LogP contribution in [-0.4, -0.2) is 7.11 Å². The van der Waals surface area contributed by atoms with E-state index in [1.165, 1.54) is 5.56 Å². The van der Waals surface area contributed by atoms with E-state index in [-0.39, 0.29) is 11.0 Å². The molecule has 2 N–H and O–H groups in total. The van der Waals surface area contributed by atoms with Gasteiger partial charge in [-0.1, -0.05) is 26.0 Å². The molecular weight excluding hydrogens is 186 g/mol. The maximum Gasteiger partial charge on any atom is 0.124 e. The molecule has 0 radical (unpaired) electrons. The highest BCUT2D eigenvalue weighted by atomic mass is 16.5. The summed E-state index contributed by atoms with van der Waals surface area (Å²) >= 11 is 0. The van der Waals surface area contributed by atoms with Crippen molar-refractivity contribution < 1.29 is 4.74 Å². The number of methoxy groups -OCH3 is 1. The van der Waals surface area contributed by atoms with Gasteiger partial charge in [-0.2, -0.15) is 0 Å². The SMILES string of the molecule is COc1cc(C)ccc1C1(N)CC1(C)C. The van der Waals surface area contributed by atoms with Crippen LogP contribution in [0.2, 0.25) is 0 Å². The van der Waals surface area contributed by atoms with Crippen LogP contribution in [0.5, 0.6) is 5.75 Å². The average Bonchev–Trinajstić information content (AvgIpc) is 2.66. The van der Waals surface area contributed by atoms with Crippen molar-refractivity contribution in [3.63, 3.8) is 0 Å². The highest BCUT2D eigenvalue weighted by Gasteiger charge is 2.60. The normalized spacial score (nSPS) is 27.5.